The fourth-order valence-corrected chi connectivity index (χ4v) is 4.17. The summed E-state index contributed by atoms with van der Waals surface area (Å²) in [5, 5.41) is 8.46. The first kappa shape index (κ1) is 20.1. The second kappa shape index (κ2) is 8.65. The normalized spacial score (nSPS) is 15.6. The van der Waals surface area contributed by atoms with Crippen LogP contribution in [0.2, 0.25) is 0 Å². The van der Waals surface area contributed by atoms with Gasteiger partial charge in [-0.05, 0) is 43.0 Å². The molecule has 1 fully saturated rings. The van der Waals surface area contributed by atoms with Crippen LogP contribution in [0.1, 0.15) is 63.9 Å². The molecule has 0 atom stereocenters. The predicted octanol–water partition coefficient (Wildman–Crippen LogP) is 3.45. The van der Waals surface area contributed by atoms with Gasteiger partial charge < -0.3 is 16.0 Å². The van der Waals surface area contributed by atoms with Gasteiger partial charge in [-0.2, -0.15) is 0 Å². The summed E-state index contributed by atoms with van der Waals surface area (Å²) in [5.74, 6) is 0.669. The van der Waals surface area contributed by atoms with E-state index in [1.165, 1.54) is 31.9 Å². The third kappa shape index (κ3) is 4.50. The van der Waals surface area contributed by atoms with Crippen molar-refractivity contribution in [3.8, 4) is 0 Å². The molecule has 3 amide bonds. The summed E-state index contributed by atoms with van der Waals surface area (Å²) in [6.45, 7) is 2.49. The molecule has 3 N–H and O–H groups in total. The maximum atomic E-state index is 12.8. The Balaban J connectivity index is 1.41. The van der Waals surface area contributed by atoms with Gasteiger partial charge in [-0.1, -0.05) is 31.7 Å². The Morgan fingerprint density at radius 3 is 2.77 bits per heavy atom. The van der Waals surface area contributed by atoms with Crippen molar-refractivity contribution in [3.05, 3.63) is 52.7 Å². The standard InChI is InChI=1S/C23H26N4O3/c1-14-6-7-16(22(29)24-9-8-15-4-2-3-5-15)11-19(14)23(30)26-18-10-17-12-20(28)27-21(17)25-13-18/h6-7,10-11,13,15H,2-5,8-9,12H2,1H3,(H,24,29)(H,26,30)(H,25,27,28). The van der Waals surface area contributed by atoms with E-state index in [-0.39, 0.29) is 24.1 Å². The smallest absolute Gasteiger partial charge is 0.255 e. The van der Waals surface area contributed by atoms with Crippen molar-refractivity contribution < 1.29 is 14.4 Å². The highest BCUT2D eigenvalue weighted by Gasteiger charge is 2.20. The number of nitrogens with zero attached hydrogens (tertiary/aromatic N) is 1. The van der Waals surface area contributed by atoms with Gasteiger partial charge in [0.25, 0.3) is 11.8 Å². The quantitative estimate of drug-likeness (QED) is 0.684. The molecule has 1 aromatic carbocycles. The molecular formula is C23H26N4O3. The number of carbonyl (C=O) groups excluding carboxylic acids is 3. The first-order valence-corrected chi connectivity index (χ1v) is 10.5. The number of aromatic nitrogens is 1. The van der Waals surface area contributed by atoms with Gasteiger partial charge >= 0.3 is 0 Å². The van der Waals surface area contributed by atoms with Gasteiger partial charge in [0, 0.05) is 23.2 Å². The second-order valence-electron chi connectivity index (χ2n) is 8.14. The molecule has 2 heterocycles. The first-order valence-electron chi connectivity index (χ1n) is 10.5. The molecule has 2 aromatic rings. The SMILES string of the molecule is Cc1ccc(C(=O)NCCC2CCCC2)cc1C(=O)Nc1cnc2c(c1)CC(=O)N2. The summed E-state index contributed by atoms with van der Waals surface area (Å²) in [5.41, 5.74) is 2.96. The van der Waals surface area contributed by atoms with Gasteiger partial charge in [-0.25, -0.2) is 4.98 Å². The number of benzene rings is 1. The minimum atomic E-state index is -0.313. The van der Waals surface area contributed by atoms with Crippen molar-refractivity contribution in [1.29, 1.82) is 0 Å². The number of anilines is 2. The minimum Gasteiger partial charge on any atom is -0.352 e. The van der Waals surface area contributed by atoms with Gasteiger partial charge in [0.2, 0.25) is 5.91 Å². The molecule has 0 saturated heterocycles. The van der Waals surface area contributed by atoms with Gasteiger partial charge in [0.15, 0.2) is 0 Å². The fourth-order valence-electron chi connectivity index (χ4n) is 4.17. The van der Waals surface area contributed by atoms with E-state index in [4.69, 9.17) is 0 Å². The average molecular weight is 406 g/mol. The number of hydrogen-bond donors (Lipinski definition) is 3. The molecule has 2 aliphatic rings. The van der Waals surface area contributed by atoms with E-state index in [1.54, 1.807) is 24.3 Å². The van der Waals surface area contributed by atoms with Crippen molar-refractivity contribution in [2.24, 2.45) is 5.92 Å². The number of aryl methyl sites for hydroxylation is 1. The second-order valence-corrected chi connectivity index (χ2v) is 8.14. The lowest BCUT2D eigenvalue weighted by atomic mass is 10.0. The number of pyridine rings is 1. The Morgan fingerprint density at radius 1 is 1.17 bits per heavy atom. The summed E-state index contributed by atoms with van der Waals surface area (Å²) < 4.78 is 0. The molecule has 1 aliphatic heterocycles. The Labute approximate surface area is 175 Å². The average Bonchev–Trinajstić information content (AvgIpc) is 3.36. The molecule has 156 valence electrons. The van der Waals surface area contributed by atoms with Crippen LogP contribution in [-0.2, 0) is 11.2 Å². The van der Waals surface area contributed by atoms with Crippen LogP contribution in [0, 0.1) is 12.8 Å². The highest BCUT2D eigenvalue weighted by Crippen LogP contribution is 2.27. The fraction of sp³-hybridized carbons (Fsp3) is 0.391. The highest BCUT2D eigenvalue weighted by atomic mass is 16.2. The first-order chi connectivity index (χ1) is 14.5. The van der Waals surface area contributed by atoms with E-state index in [1.807, 2.05) is 6.92 Å². The van der Waals surface area contributed by atoms with Crippen LogP contribution in [0.25, 0.3) is 0 Å². The van der Waals surface area contributed by atoms with Crippen molar-refractivity contribution in [2.45, 2.75) is 45.4 Å². The third-order valence-corrected chi connectivity index (χ3v) is 5.89. The molecule has 0 bridgehead atoms. The summed E-state index contributed by atoms with van der Waals surface area (Å²) in [4.78, 5) is 41.0. The van der Waals surface area contributed by atoms with Crippen LogP contribution in [0.5, 0.6) is 0 Å². The maximum absolute atomic E-state index is 12.8. The van der Waals surface area contributed by atoms with E-state index >= 15 is 0 Å². The summed E-state index contributed by atoms with van der Waals surface area (Å²) in [7, 11) is 0. The Hall–Kier alpha value is -3.22. The molecule has 1 saturated carbocycles. The number of nitrogens with one attached hydrogen (secondary N) is 3. The zero-order chi connectivity index (χ0) is 21.1. The molecule has 0 unspecified atom stereocenters. The molecule has 4 rings (SSSR count). The molecule has 1 aromatic heterocycles. The Kier molecular flexibility index (Phi) is 5.79. The molecular weight excluding hydrogens is 380 g/mol. The molecule has 1 aliphatic carbocycles. The van der Waals surface area contributed by atoms with Gasteiger partial charge in [0.1, 0.15) is 5.82 Å². The zero-order valence-electron chi connectivity index (χ0n) is 17.1. The van der Waals surface area contributed by atoms with E-state index in [0.29, 0.717) is 29.2 Å². The van der Waals surface area contributed by atoms with Crippen LogP contribution in [0.3, 0.4) is 0 Å². The van der Waals surface area contributed by atoms with Crippen molar-refractivity contribution >= 4 is 29.2 Å². The topological polar surface area (TPSA) is 100 Å². The van der Waals surface area contributed by atoms with Gasteiger partial charge in [0.05, 0.1) is 18.3 Å². The number of carbonyl (C=O) groups is 3. The molecule has 0 radical (unpaired) electrons. The number of rotatable bonds is 6. The maximum Gasteiger partial charge on any atom is 0.255 e. The summed E-state index contributed by atoms with van der Waals surface area (Å²) in [6, 6.07) is 6.89. The molecule has 7 nitrogen and oxygen atoms in total. The number of amides is 3. The number of fused-ring (bicyclic) bond motifs is 1. The predicted molar refractivity (Wildman–Crippen MR) is 115 cm³/mol. The minimum absolute atomic E-state index is 0.108. The summed E-state index contributed by atoms with van der Waals surface area (Å²) >= 11 is 0. The molecule has 30 heavy (non-hydrogen) atoms. The van der Waals surface area contributed by atoms with E-state index in [0.717, 1.165) is 23.5 Å². The molecule has 7 heteroatoms. The van der Waals surface area contributed by atoms with E-state index in [9.17, 15) is 14.4 Å². The largest absolute Gasteiger partial charge is 0.352 e. The van der Waals surface area contributed by atoms with Crippen LogP contribution in [-0.4, -0.2) is 29.3 Å². The van der Waals surface area contributed by atoms with E-state index in [2.05, 4.69) is 20.9 Å². The Bertz CT molecular complexity index is 996. The van der Waals surface area contributed by atoms with Crippen molar-refractivity contribution in [3.63, 3.8) is 0 Å². The van der Waals surface area contributed by atoms with E-state index < -0.39 is 0 Å². The number of hydrogen-bond acceptors (Lipinski definition) is 4. The lowest BCUT2D eigenvalue weighted by molar-refractivity contribution is -0.115. The third-order valence-electron chi connectivity index (χ3n) is 5.89. The Morgan fingerprint density at radius 2 is 1.97 bits per heavy atom. The van der Waals surface area contributed by atoms with Crippen LogP contribution < -0.4 is 16.0 Å². The summed E-state index contributed by atoms with van der Waals surface area (Å²) in [6.07, 6.45) is 7.87. The lowest BCUT2D eigenvalue weighted by Crippen LogP contribution is -2.26. The van der Waals surface area contributed by atoms with Crippen molar-refractivity contribution in [2.75, 3.05) is 17.2 Å². The lowest BCUT2D eigenvalue weighted by Gasteiger charge is -2.12. The highest BCUT2D eigenvalue weighted by molar-refractivity contribution is 6.07. The van der Waals surface area contributed by atoms with Crippen LogP contribution in [0.15, 0.2) is 30.5 Å². The van der Waals surface area contributed by atoms with Crippen LogP contribution >= 0.6 is 0 Å². The van der Waals surface area contributed by atoms with Crippen LogP contribution in [0.4, 0.5) is 11.5 Å². The van der Waals surface area contributed by atoms with Gasteiger partial charge in [-0.3, -0.25) is 14.4 Å². The van der Waals surface area contributed by atoms with Crippen molar-refractivity contribution in [1.82, 2.24) is 10.3 Å². The zero-order valence-corrected chi connectivity index (χ0v) is 17.1. The molecule has 0 spiro atoms. The monoisotopic (exact) mass is 406 g/mol. The van der Waals surface area contributed by atoms with Gasteiger partial charge in [-0.15, -0.1) is 0 Å².